The molecule has 0 saturated carbocycles. The van der Waals surface area contributed by atoms with Crippen molar-refractivity contribution in [1.29, 1.82) is 0 Å². The molecule has 0 aliphatic heterocycles. The van der Waals surface area contributed by atoms with Gasteiger partial charge in [0.1, 0.15) is 5.82 Å². The van der Waals surface area contributed by atoms with Crippen molar-refractivity contribution in [2.45, 2.75) is 6.42 Å². The number of allylic oxidation sites excluding steroid dienone is 1. The van der Waals surface area contributed by atoms with E-state index in [9.17, 15) is 0 Å². The van der Waals surface area contributed by atoms with Crippen LogP contribution in [0.4, 0.5) is 0 Å². The number of nitrogens with zero attached hydrogens (tertiary/aromatic N) is 1. The lowest BCUT2D eigenvalue weighted by atomic mass is 10.2. The van der Waals surface area contributed by atoms with Crippen LogP contribution < -0.4 is 0 Å². The Morgan fingerprint density at radius 3 is 3.00 bits per heavy atom. The quantitative estimate of drug-likeness (QED) is 0.633. The lowest BCUT2D eigenvalue weighted by molar-refractivity contribution is 1.20. The van der Waals surface area contributed by atoms with E-state index in [-0.39, 0.29) is 0 Å². The van der Waals surface area contributed by atoms with Gasteiger partial charge in [-0.3, -0.25) is 0 Å². The number of hydrogen-bond donors (Lipinski definition) is 1. The number of rotatable bonds is 2. The van der Waals surface area contributed by atoms with Crippen molar-refractivity contribution in [1.82, 2.24) is 9.97 Å². The zero-order chi connectivity index (χ0) is 6.69. The van der Waals surface area contributed by atoms with Crippen LogP contribution in [0.25, 0.3) is 5.57 Å². The van der Waals surface area contributed by atoms with E-state index in [2.05, 4.69) is 23.5 Å². The third-order valence-corrected chi connectivity index (χ3v) is 1.13. The molecule has 2 nitrogen and oxygen atoms in total. The number of aromatic amines is 1. The smallest absolute Gasteiger partial charge is 0.132 e. The molecule has 1 aromatic heterocycles. The molecule has 1 radical (unpaired) electrons. The summed E-state index contributed by atoms with van der Waals surface area (Å²) >= 11 is 0. The topological polar surface area (TPSA) is 28.7 Å². The van der Waals surface area contributed by atoms with Gasteiger partial charge in [0.05, 0.1) is 0 Å². The first-order valence-electron chi connectivity index (χ1n) is 2.81. The van der Waals surface area contributed by atoms with Crippen LogP contribution >= 0.6 is 0 Å². The predicted molar refractivity (Wildman–Crippen MR) is 37.6 cm³/mol. The summed E-state index contributed by atoms with van der Waals surface area (Å²) in [4.78, 5) is 6.93. The number of nitrogens with one attached hydrogen (secondary N) is 1. The molecule has 0 atom stereocenters. The molecule has 1 heterocycles. The summed E-state index contributed by atoms with van der Waals surface area (Å²) in [7, 11) is 0. The van der Waals surface area contributed by atoms with Crippen molar-refractivity contribution in [3.05, 3.63) is 31.7 Å². The Morgan fingerprint density at radius 2 is 2.56 bits per heavy atom. The number of hydrogen-bond acceptors (Lipinski definition) is 1. The average Bonchev–Trinajstić information content (AvgIpc) is 2.37. The molecule has 0 fully saturated rings. The molecule has 0 spiro atoms. The summed E-state index contributed by atoms with van der Waals surface area (Å²) in [5.41, 5.74) is 0.944. The fraction of sp³-hybridized carbons (Fsp3) is 0.143. The Bertz CT molecular complexity index is 187. The molecule has 9 heavy (non-hydrogen) atoms. The zero-order valence-electron chi connectivity index (χ0n) is 5.22. The van der Waals surface area contributed by atoms with E-state index in [0.717, 1.165) is 11.4 Å². The van der Waals surface area contributed by atoms with Gasteiger partial charge in [0.25, 0.3) is 0 Å². The summed E-state index contributed by atoms with van der Waals surface area (Å²) < 4.78 is 0. The highest BCUT2D eigenvalue weighted by molar-refractivity contribution is 5.56. The SMILES string of the molecule is [CH2]CC(=C)c1ncc[nH]1. The molecule has 1 rings (SSSR count). The first kappa shape index (κ1) is 6.08. The van der Waals surface area contributed by atoms with Crippen LogP contribution in [0.5, 0.6) is 0 Å². The lowest BCUT2D eigenvalue weighted by Gasteiger charge is -1.92. The van der Waals surface area contributed by atoms with Crippen LogP contribution in [0.15, 0.2) is 19.0 Å². The molecule has 0 aromatic carbocycles. The van der Waals surface area contributed by atoms with Crippen LogP contribution in [0, 0.1) is 6.92 Å². The van der Waals surface area contributed by atoms with Crippen molar-refractivity contribution in [2.75, 3.05) is 0 Å². The Morgan fingerprint density at radius 1 is 1.78 bits per heavy atom. The fourth-order valence-corrected chi connectivity index (χ4v) is 0.577. The van der Waals surface area contributed by atoms with Gasteiger partial charge in [0.2, 0.25) is 0 Å². The van der Waals surface area contributed by atoms with Gasteiger partial charge in [0, 0.05) is 12.4 Å². The number of H-pyrrole nitrogens is 1. The molecule has 0 unspecified atom stereocenters. The second kappa shape index (κ2) is 2.49. The average molecular weight is 121 g/mol. The molecule has 0 saturated heterocycles. The predicted octanol–water partition coefficient (Wildman–Crippen LogP) is 1.65. The Kier molecular flexibility index (Phi) is 1.68. The standard InChI is InChI=1S/C7H9N2/c1-3-6(2)7-8-4-5-9-7/h4-5H,1-3H2,(H,8,9). The Hall–Kier alpha value is -1.05. The molecule has 0 amide bonds. The molecule has 47 valence electrons. The minimum absolute atomic E-state index is 0.702. The molecule has 1 N–H and O–H groups in total. The third kappa shape index (κ3) is 1.19. The number of aromatic nitrogens is 2. The monoisotopic (exact) mass is 121 g/mol. The maximum Gasteiger partial charge on any atom is 0.132 e. The van der Waals surface area contributed by atoms with E-state index in [0.29, 0.717) is 6.42 Å². The first-order valence-corrected chi connectivity index (χ1v) is 2.81. The van der Waals surface area contributed by atoms with E-state index >= 15 is 0 Å². The van der Waals surface area contributed by atoms with Crippen molar-refractivity contribution in [3.8, 4) is 0 Å². The minimum Gasteiger partial charge on any atom is -0.345 e. The molecule has 0 aliphatic rings. The van der Waals surface area contributed by atoms with Crippen LogP contribution in [-0.2, 0) is 0 Å². The molecule has 0 bridgehead atoms. The van der Waals surface area contributed by atoms with E-state index < -0.39 is 0 Å². The van der Waals surface area contributed by atoms with Gasteiger partial charge in [-0.15, -0.1) is 0 Å². The molecular formula is C7H9N2. The van der Waals surface area contributed by atoms with Crippen LogP contribution in [0.1, 0.15) is 12.2 Å². The third-order valence-electron chi connectivity index (χ3n) is 1.13. The van der Waals surface area contributed by atoms with Crippen LogP contribution in [0.2, 0.25) is 0 Å². The van der Waals surface area contributed by atoms with Gasteiger partial charge in [-0.25, -0.2) is 4.98 Å². The van der Waals surface area contributed by atoms with E-state index in [4.69, 9.17) is 0 Å². The largest absolute Gasteiger partial charge is 0.345 e. The highest BCUT2D eigenvalue weighted by Crippen LogP contribution is 2.07. The summed E-state index contributed by atoms with van der Waals surface area (Å²) in [6.45, 7) is 7.44. The summed E-state index contributed by atoms with van der Waals surface area (Å²) in [5, 5.41) is 0. The lowest BCUT2D eigenvalue weighted by Crippen LogP contribution is -1.81. The zero-order valence-corrected chi connectivity index (χ0v) is 5.22. The van der Waals surface area contributed by atoms with Gasteiger partial charge in [-0.05, 0) is 18.9 Å². The summed E-state index contributed by atoms with van der Waals surface area (Å²) in [6.07, 6.45) is 4.18. The highest BCUT2D eigenvalue weighted by atomic mass is 14.9. The molecule has 1 aromatic rings. The summed E-state index contributed by atoms with van der Waals surface area (Å²) in [5.74, 6) is 0.838. The van der Waals surface area contributed by atoms with E-state index in [1.165, 1.54) is 0 Å². The van der Waals surface area contributed by atoms with Crippen molar-refractivity contribution >= 4 is 5.57 Å². The highest BCUT2D eigenvalue weighted by Gasteiger charge is 1.94. The normalized spacial score (nSPS) is 9.44. The maximum absolute atomic E-state index is 3.99. The van der Waals surface area contributed by atoms with E-state index in [1.54, 1.807) is 12.4 Å². The van der Waals surface area contributed by atoms with Gasteiger partial charge in [-0.2, -0.15) is 0 Å². The maximum atomic E-state index is 3.99. The van der Waals surface area contributed by atoms with Gasteiger partial charge < -0.3 is 4.98 Å². The van der Waals surface area contributed by atoms with Gasteiger partial charge in [-0.1, -0.05) is 6.58 Å². The van der Waals surface area contributed by atoms with Crippen molar-refractivity contribution < 1.29 is 0 Å². The molecule has 0 aliphatic carbocycles. The van der Waals surface area contributed by atoms with Crippen LogP contribution in [-0.4, -0.2) is 9.97 Å². The minimum atomic E-state index is 0.702. The van der Waals surface area contributed by atoms with Gasteiger partial charge >= 0.3 is 0 Å². The Labute approximate surface area is 54.6 Å². The second-order valence-corrected chi connectivity index (χ2v) is 1.79. The summed E-state index contributed by atoms with van der Waals surface area (Å²) in [6, 6.07) is 0. The number of imidazole rings is 1. The molecule has 2 heteroatoms. The first-order chi connectivity index (χ1) is 4.34. The second-order valence-electron chi connectivity index (χ2n) is 1.79. The fourth-order valence-electron chi connectivity index (χ4n) is 0.577. The Balaban J connectivity index is 2.77. The van der Waals surface area contributed by atoms with Crippen molar-refractivity contribution in [2.24, 2.45) is 0 Å². The molecular weight excluding hydrogens is 112 g/mol. The van der Waals surface area contributed by atoms with Gasteiger partial charge in [0.15, 0.2) is 0 Å². The van der Waals surface area contributed by atoms with E-state index in [1.807, 2.05) is 0 Å². The van der Waals surface area contributed by atoms with Crippen LogP contribution in [0.3, 0.4) is 0 Å². The van der Waals surface area contributed by atoms with Crippen molar-refractivity contribution in [3.63, 3.8) is 0 Å².